The Kier molecular flexibility index (Phi) is 5.81. The number of nitrogen functional groups attached to an aromatic ring is 1. The van der Waals surface area contributed by atoms with E-state index >= 15 is 0 Å². The Bertz CT molecular complexity index is 596. The highest BCUT2D eigenvalue weighted by atomic mass is 35.5. The Balaban J connectivity index is 0.00000176. The summed E-state index contributed by atoms with van der Waals surface area (Å²) in [7, 11) is 0. The van der Waals surface area contributed by atoms with Crippen molar-refractivity contribution >= 4 is 18.1 Å². The summed E-state index contributed by atoms with van der Waals surface area (Å²) in [4.78, 5) is 0. The van der Waals surface area contributed by atoms with Gasteiger partial charge in [0.25, 0.3) is 0 Å². The minimum absolute atomic E-state index is 0. The van der Waals surface area contributed by atoms with Crippen LogP contribution in [-0.2, 0) is 6.54 Å². The first-order valence-corrected chi connectivity index (χ1v) is 7.55. The minimum atomic E-state index is -0.179. The third-order valence-electron chi connectivity index (χ3n) is 4.33. The summed E-state index contributed by atoms with van der Waals surface area (Å²) in [6.07, 6.45) is 3.78. The van der Waals surface area contributed by atoms with Crippen LogP contribution in [-0.4, -0.2) is 0 Å². The van der Waals surface area contributed by atoms with Crippen molar-refractivity contribution in [2.75, 3.05) is 5.73 Å². The third-order valence-corrected chi connectivity index (χ3v) is 4.33. The molecule has 4 heteroatoms. The number of rotatable bonds is 5. The van der Waals surface area contributed by atoms with Gasteiger partial charge in [-0.05, 0) is 54.2 Å². The van der Waals surface area contributed by atoms with Gasteiger partial charge in [0.15, 0.2) is 0 Å². The number of benzene rings is 2. The maximum Gasteiger partial charge on any atom is 0.123 e. The second kappa shape index (κ2) is 7.61. The molecule has 0 radical (unpaired) electrons. The fourth-order valence-corrected chi connectivity index (χ4v) is 2.93. The Morgan fingerprint density at radius 1 is 1.14 bits per heavy atom. The largest absolute Gasteiger partial charge is 0.399 e. The maximum absolute atomic E-state index is 13.1. The number of hydrogen-bond acceptors (Lipinski definition) is 2. The van der Waals surface area contributed by atoms with E-state index in [-0.39, 0.29) is 18.2 Å². The smallest absolute Gasteiger partial charge is 0.123 e. The first-order chi connectivity index (χ1) is 10.2. The van der Waals surface area contributed by atoms with Crippen LogP contribution in [0, 0.1) is 11.7 Å². The highest BCUT2D eigenvalue weighted by Crippen LogP contribution is 2.37. The highest BCUT2D eigenvalue weighted by molar-refractivity contribution is 5.85. The van der Waals surface area contributed by atoms with Crippen molar-refractivity contribution < 1.29 is 4.39 Å². The normalized spacial score (nSPS) is 15.7. The number of halogens is 2. The Hall–Kier alpha value is -1.58. The summed E-state index contributed by atoms with van der Waals surface area (Å²) in [5.41, 5.74) is 8.96. The predicted octanol–water partition coefficient (Wildman–Crippen LogP) is 4.46. The lowest BCUT2D eigenvalue weighted by Crippen LogP contribution is -2.31. The quantitative estimate of drug-likeness (QED) is 0.798. The van der Waals surface area contributed by atoms with Crippen molar-refractivity contribution in [3.8, 4) is 0 Å². The number of nitrogens with two attached hydrogens (primary N) is 1. The molecule has 1 aliphatic rings. The van der Waals surface area contributed by atoms with Crippen LogP contribution in [0.1, 0.15) is 36.4 Å². The van der Waals surface area contributed by atoms with Crippen molar-refractivity contribution in [2.24, 2.45) is 5.92 Å². The molecule has 0 aliphatic heterocycles. The molecule has 0 heterocycles. The van der Waals surface area contributed by atoms with Crippen molar-refractivity contribution in [1.82, 2.24) is 5.32 Å². The van der Waals surface area contributed by atoms with Gasteiger partial charge in [-0.15, -0.1) is 12.4 Å². The molecule has 1 aliphatic carbocycles. The SMILES string of the molecule is Cl.Nc1cccc(CNC(c2ccc(F)cc2)C2CCC2)c1. The molecule has 0 saturated heterocycles. The van der Waals surface area contributed by atoms with E-state index in [4.69, 9.17) is 5.73 Å². The average molecular weight is 321 g/mol. The second-order valence-electron chi connectivity index (χ2n) is 5.85. The number of nitrogens with one attached hydrogen (secondary N) is 1. The molecule has 3 rings (SSSR count). The monoisotopic (exact) mass is 320 g/mol. The Morgan fingerprint density at radius 2 is 1.86 bits per heavy atom. The van der Waals surface area contributed by atoms with Gasteiger partial charge in [-0.1, -0.05) is 30.7 Å². The molecular weight excluding hydrogens is 299 g/mol. The summed E-state index contributed by atoms with van der Waals surface area (Å²) >= 11 is 0. The molecule has 1 unspecified atom stereocenters. The first kappa shape index (κ1) is 16.8. The summed E-state index contributed by atoms with van der Waals surface area (Å²) in [6.45, 7) is 0.781. The topological polar surface area (TPSA) is 38.0 Å². The van der Waals surface area contributed by atoms with E-state index in [2.05, 4.69) is 11.4 Å². The van der Waals surface area contributed by atoms with E-state index in [1.807, 2.05) is 30.3 Å². The van der Waals surface area contributed by atoms with Gasteiger partial charge in [0.1, 0.15) is 5.82 Å². The van der Waals surface area contributed by atoms with Crippen LogP contribution >= 0.6 is 12.4 Å². The molecule has 0 amide bonds. The molecule has 1 fully saturated rings. The first-order valence-electron chi connectivity index (χ1n) is 7.55. The summed E-state index contributed by atoms with van der Waals surface area (Å²) < 4.78 is 13.1. The molecule has 0 bridgehead atoms. The van der Waals surface area contributed by atoms with Crippen LogP contribution < -0.4 is 11.1 Å². The van der Waals surface area contributed by atoms with Crippen LogP contribution in [0.2, 0.25) is 0 Å². The summed E-state index contributed by atoms with van der Waals surface area (Å²) in [5.74, 6) is 0.471. The van der Waals surface area contributed by atoms with Gasteiger partial charge in [0.05, 0.1) is 0 Å². The van der Waals surface area contributed by atoms with Gasteiger partial charge in [-0.2, -0.15) is 0 Å². The number of anilines is 1. The zero-order valence-electron chi connectivity index (χ0n) is 12.5. The Labute approximate surface area is 137 Å². The van der Waals surface area contributed by atoms with Gasteiger partial charge in [-0.25, -0.2) is 4.39 Å². The third kappa shape index (κ3) is 3.99. The molecule has 118 valence electrons. The van der Waals surface area contributed by atoms with E-state index in [1.54, 1.807) is 12.1 Å². The van der Waals surface area contributed by atoms with Crippen LogP contribution in [0.15, 0.2) is 48.5 Å². The van der Waals surface area contributed by atoms with E-state index in [0.717, 1.165) is 12.2 Å². The van der Waals surface area contributed by atoms with Gasteiger partial charge in [-0.3, -0.25) is 0 Å². The van der Waals surface area contributed by atoms with Gasteiger partial charge >= 0.3 is 0 Å². The molecule has 1 atom stereocenters. The van der Waals surface area contributed by atoms with E-state index < -0.39 is 0 Å². The highest BCUT2D eigenvalue weighted by Gasteiger charge is 2.28. The van der Waals surface area contributed by atoms with Crippen molar-refractivity contribution in [2.45, 2.75) is 31.8 Å². The van der Waals surface area contributed by atoms with Crippen LogP contribution in [0.3, 0.4) is 0 Å². The lowest BCUT2D eigenvalue weighted by Gasteiger charge is -2.35. The van der Waals surface area contributed by atoms with Crippen LogP contribution in [0.4, 0.5) is 10.1 Å². The van der Waals surface area contributed by atoms with Crippen molar-refractivity contribution in [3.05, 3.63) is 65.5 Å². The van der Waals surface area contributed by atoms with Gasteiger partial charge in [0.2, 0.25) is 0 Å². The lowest BCUT2D eigenvalue weighted by molar-refractivity contribution is 0.229. The lowest BCUT2D eigenvalue weighted by atomic mass is 9.77. The van der Waals surface area contributed by atoms with E-state index in [1.165, 1.54) is 30.4 Å². The van der Waals surface area contributed by atoms with Crippen molar-refractivity contribution in [3.63, 3.8) is 0 Å². The fraction of sp³-hybridized carbons (Fsp3) is 0.333. The van der Waals surface area contributed by atoms with Gasteiger partial charge < -0.3 is 11.1 Å². The molecule has 22 heavy (non-hydrogen) atoms. The molecule has 0 spiro atoms. The fourth-order valence-electron chi connectivity index (χ4n) is 2.93. The molecule has 1 saturated carbocycles. The standard InChI is InChI=1S/C18H21FN2.ClH/c19-16-9-7-15(8-10-16)18(14-4-2-5-14)21-12-13-3-1-6-17(20)11-13;/h1,3,6-11,14,18,21H,2,4-5,12,20H2;1H. The average Bonchev–Trinajstić information content (AvgIpc) is 2.42. The molecule has 3 N–H and O–H groups in total. The maximum atomic E-state index is 13.1. The molecule has 0 aromatic heterocycles. The second-order valence-corrected chi connectivity index (χ2v) is 5.85. The zero-order chi connectivity index (χ0) is 14.7. The minimum Gasteiger partial charge on any atom is -0.399 e. The van der Waals surface area contributed by atoms with Crippen molar-refractivity contribution in [1.29, 1.82) is 0 Å². The molecule has 2 nitrogen and oxygen atoms in total. The Morgan fingerprint density at radius 3 is 2.45 bits per heavy atom. The molecular formula is C18H22ClFN2. The van der Waals surface area contributed by atoms with Gasteiger partial charge in [0, 0.05) is 18.3 Å². The number of hydrogen-bond donors (Lipinski definition) is 2. The van der Waals surface area contributed by atoms with Crippen LogP contribution in [0.25, 0.3) is 0 Å². The molecule has 2 aromatic carbocycles. The molecule has 2 aromatic rings. The van der Waals surface area contributed by atoms with Crippen LogP contribution in [0.5, 0.6) is 0 Å². The van der Waals surface area contributed by atoms with E-state index in [9.17, 15) is 4.39 Å². The zero-order valence-corrected chi connectivity index (χ0v) is 13.3. The summed E-state index contributed by atoms with van der Waals surface area (Å²) in [6, 6.07) is 15.1. The summed E-state index contributed by atoms with van der Waals surface area (Å²) in [5, 5.41) is 3.62. The van der Waals surface area contributed by atoms with E-state index in [0.29, 0.717) is 12.0 Å². The predicted molar refractivity (Wildman–Crippen MR) is 91.4 cm³/mol.